The Balaban J connectivity index is 2.08. The van der Waals surface area contributed by atoms with Gasteiger partial charge in [0.05, 0.1) is 0 Å². The van der Waals surface area contributed by atoms with Crippen LogP contribution in [0.25, 0.3) is 22.3 Å². The topological polar surface area (TPSA) is 82.0 Å². The Morgan fingerprint density at radius 1 is 0.880 bits per heavy atom. The zero-order valence-electron chi connectivity index (χ0n) is 12.8. The van der Waals surface area contributed by atoms with E-state index in [1.165, 1.54) is 18.3 Å². The van der Waals surface area contributed by atoms with Crippen molar-refractivity contribution in [2.75, 3.05) is 5.73 Å². The van der Waals surface area contributed by atoms with Crippen LogP contribution >= 0.6 is 0 Å². The Kier molecular flexibility index (Phi) is 4.14. The third kappa shape index (κ3) is 3.16. The average Bonchev–Trinajstić information content (AvgIpc) is 2.59. The van der Waals surface area contributed by atoms with Gasteiger partial charge in [0.25, 0.3) is 0 Å². The van der Waals surface area contributed by atoms with Crippen LogP contribution in [0, 0.1) is 17.5 Å². The van der Waals surface area contributed by atoms with Crippen molar-refractivity contribution in [3.63, 3.8) is 0 Å². The van der Waals surface area contributed by atoms with Gasteiger partial charge in [-0.1, -0.05) is 12.1 Å². The Morgan fingerprint density at radius 2 is 1.48 bits per heavy atom. The fourth-order valence-electron chi connectivity index (χ4n) is 2.40. The van der Waals surface area contributed by atoms with Crippen molar-refractivity contribution in [2.24, 2.45) is 5.73 Å². The second kappa shape index (κ2) is 6.27. The molecule has 0 fully saturated rings. The molecule has 4 N–H and O–H groups in total. The number of amides is 1. The minimum atomic E-state index is -1.53. The highest BCUT2D eigenvalue weighted by Gasteiger charge is 2.14. The minimum Gasteiger partial charge on any atom is -0.383 e. The number of benzene rings is 2. The molecule has 0 saturated carbocycles. The Bertz CT molecular complexity index is 949. The molecular formula is C18H12F3N3O. The van der Waals surface area contributed by atoms with Crippen LogP contribution in [0.15, 0.2) is 48.7 Å². The highest BCUT2D eigenvalue weighted by Crippen LogP contribution is 2.31. The molecule has 0 aliphatic heterocycles. The summed E-state index contributed by atoms with van der Waals surface area (Å²) in [6.07, 6.45) is 1.34. The highest BCUT2D eigenvalue weighted by molar-refractivity contribution is 5.93. The van der Waals surface area contributed by atoms with Crippen molar-refractivity contribution >= 4 is 11.7 Å². The molecule has 0 saturated heterocycles. The quantitative estimate of drug-likeness (QED) is 0.714. The molecule has 0 atom stereocenters. The predicted molar refractivity (Wildman–Crippen MR) is 87.9 cm³/mol. The number of carbonyl (C=O) groups is 1. The normalized spacial score (nSPS) is 10.7. The van der Waals surface area contributed by atoms with Gasteiger partial charge in [-0.2, -0.15) is 0 Å². The lowest BCUT2D eigenvalue weighted by Crippen LogP contribution is -2.10. The summed E-state index contributed by atoms with van der Waals surface area (Å²) in [5.41, 5.74) is 13.0. The summed E-state index contributed by atoms with van der Waals surface area (Å²) >= 11 is 0. The van der Waals surface area contributed by atoms with Gasteiger partial charge in [-0.25, -0.2) is 18.2 Å². The number of anilines is 1. The number of hydrogen-bond acceptors (Lipinski definition) is 3. The number of halogens is 3. The van der Waals surface area contributed by atoms with E-state index in [1.54, 1.807) is 18.2 Å². The van der Waals surface area contributed by atoms with Crippen LogP contribution in [0.3, 0.4) is 0 Å². The standard InChI is InChI=1S/C18H12F3N3O/c19-14-6-11(7-15(20)16(14)21)12-5-13(17(22)24-8-12)9-1-3-10(4-2-9)18(23)25/h1-8H,(H2,22,24)(H2,23,25). The highest BCUT2D eigenvalue weighted by atomic mass is 19.2. The lowest BCUT2D eigenvalue weighted by Gasteiger charge is -2.09. The van der Waals surface area contributed by atoms with Crippen molar-refractivity contribution < 1.29 is 18.0 Å². The Hall–Kier alpha value is -3.35. The van der Waals surface area contributed by atoms with Crippen LogP contribution in [0.2, 0.25) is 0 Å². The molecule has 1 heterocycles. The molecule has 7 heteroatoms. The summed E-state index contributed by atoms with van der Waals surface area (Å²) in [6, 6.07) is 9.65. The molecule has 4 nitrogen and oxygen atoms in total. The van der Waals surface area contributed by atoms with E-state index >= 15 is 0 Å². The zero-order chi connectivity index (χ0) is 18.1. The number of carbonyl (C=O) groups excluding carboxylic acids is 1. The second-order valence-electron chi connectivity index (χ2n) is 5.35. The molecule has 2 aromatic carbocycles. The smallest absolute Gasteiger partial charge is 0.248 e. The maximum atomic E-state index is 13.4. The maximum absolute atomic E-state index is 13.4. The third-order valence-corrected chi connectivity index (χ3v) is 3.72. The fourth-order valence-corrected chi connectivity index (χ4v) is 2.40. The zero-order valence-corrected chi connectivity index (χ0v) is 12.8. The van der Waals surface area contributed by atoms with Gasteiger partial charge < -0.3 is 11.5 Å². The van der Waals surface area contributed by atoms with Gasteiger partial charge in [0.2, 0.25) is 5.91 Å². The Morgan fingerprint density at radius 3 is 2.04 bits per heavy atom. The molecule has 1 aromatic heterocycles. The fraction of sp³-hybridized carbons (Fsp3) is 0. The van der Waals surface area contributed by atoms with E-state index in [-0.39, 0.29) is 11.4 Å². The number of primary amides is 1. The molecule has 0 unspecified atom stereocenters. The third-order valence-electron chi connectivity index (χ3n) is 3.72. The average molecular weight is 343 g/mol. The number of aromatic nitrogens is 1. The van der Waals surface area contributed by atoms with Gasteiger partial charge in [-0.15, -0.1) is 0 Å². The van der Waals surface area contributed by atoms with E-state index in [4.69, 9.17) is 11.5 Å². The van der Waals surface area contributed by atoms with Gasteiger partial charge in [0.15, 0.2) is 17.5 Å². The monoisotopic (exact) mass is 343 g/mol. The molecular weight excluding hydrogens is 331 g/mol. The lowest BCUT2D eigenvalue weighted by atomic mass is 10.00. The van der Waals surface area contributed by atoms with Gasteiger partial charge in [0, 0.05) is 22.9 Å². The minimum absolute atomic E-state index is 0.124. The first-order valence-corrected chi connectivity index (χ1v) is 7.17. The van der Waals surface area contributed by atoms with Gasteiger partial charge in [-0.3, -0.25) is 4.79 Å². The summed E-state index contributed by atoms with van der Waals surface area (Å²) < 4.78 is 40.0. The van der Waals surface area contributed by atoms with Crippen LogP contribution in [0.1, 0.15) is 10.4 Å². The summed E-state index contributed by atoms with van der Waals surface area (Å²) in [5, 5.41) is 0. The lowest BCUT2D eigenvalue weighted by molar-refractivity contribution is 0.100. The van der Waals surface area contributed by atoms with Crippen molar-refractivity contribution in [2.45, 2.75) is 0 Å². The van der Waals surface area contributed by atoms with Crippen LogP contribution in [0.5, 0.6) is 0 Å². The van der Waals surface area contributed by atoms with E-state index in [9.17, 15) is 18.0 Å². The molecule has 126 valence electrons. The molecule has 3 aromatic rings. The summed E-state index contributed by atoms with van der Waals surface area (Å²) in [4.78, 5) is 15.1. The van der Waals surface area contributed by atoms with E-state index in [1.807, 2.05) is 0 Å². The number of rotatable bonds is 3. The van der Waals surface area contributed by atoms with Gasteiger partial charge in [-0.05, 0) is 41.5 Å². The van der Waals surface area contributed by atoms with E-state index < -0.39 is 23.4 Å². The molecule has 3 rings (SSSR count). The molecule has 0 radical (unpaired) electrons. The second-order valence-corrected chi connectivity index (χ2v) is 5.35. The van der Waals surface area contributed by atoms with Crippen molar-refractivity contribution in [1.29, 1.82) is 0 Å². The number of hydrogen-bond donors (Lipinski definition) is 2. The van der Waals surface area contributed by atoms with Crippen LogP contribution in [-0.4, -0.2) is 10.9 Å². The molecule has 25 heavy (non-hydrogen) atoms. The molecule has 0 spiro atoms. The van der Waals surface area contributed by atoms with E-state index in [2.05, 4.69) is 4.98 Å². The molecule has 0 bridgehead atoms. The van der Waals surface area contributed by atoms with Crippen LogP contribution in [-0.2, 0) is 0 Å². The molecule has 0 aliphatic rings. The van der Waals surface area contributed by atoms with Crippen LogP contribution < -0.4 is 11.5 Å². The molecule has 1 amide bonds. The first-order valence-electron chi connectivity index (χ1n) is 7.17. The molecule has 0 aliphatic carbocycles. The van der Waals surface area contributed by atoms with E-state index in [0.717, 1.165) is 12.1 Å². The number of nitrogen functional groups attached to an aromatic ring is 1. The SMILES string of the molecule is NC(=O)c1ccc(-c2cc(-c3cc(F)c(F)c(F)c3)cnc2N)cc1. The number of pyridine rings is 1. The first kappa shape index (κ1) is 16.5. The number of nitrogens with zero attached hydrogens (tertiary/aromatic N) is 1. The first-order chi connectivity index (χ1) is 11.9. The van der Waals surface area contributed by atoms with Crippen LogP contribution in [0.4, 0.5) is 19.0 Å². The van der Waals surface area contributed by atoms with Crippen molar-refractivity contribution in [3.05, 3.63) is 71.7 Å². The number of nitrogens with two attached hydrogens (primary N) is 2. The summed E-state index contributed by atoms with van der Waals surface area (Å²) in [7, 11) is 0. The van der Waals surface area contributed by atoms with Crippen molar-refractivity contribution in [1.82, 2.24) is 4.98 Å². The summed E-state index contributed by atoms with van der Waals surface area (Å²) in [6.45, 7) is 0. The largest absolute Gasteiger partial charge is 0.383 e. The Labute approximate surface area is 140 Å². The van der Waals surface area contributed by atoms with Gasteiger partial charge >= 0.3 is 0 Å². The predicted octanol–water partition coefficient (Wildman–Crippen LogP) is 3.51. The van der Waals surface area contributed by atoms with Gasteiger partial charge in [0.1, 0.15) is 5.82 Å². The van der Waals surface area contributed by atoms with Crippen molar-refractivity contribution in [3.8, 4) is 22.3 Å². The van der Waals surface area contributed by atoms with E-state index in [0.29, 0.717) is 22.3 Å². The maximum Gasteiger partial charge on any atom is 0.248 e. The summed E-state index contributed by atoms with van der Waals surface area (Å²) in [5.74, 6) is -4.49.